The Hall–Kier alpha value is -2.34. The summed E-state index contributed by atoms with van der Waals surface area (Å²) in [7, 11) is 0. The van der Waals surface area contributed by atoms with Crippen LogP contribution in [0.25, 0.3) is 0 Å². The average Bonchev–Trinajstić information content (AvgIpc) is 3.62. The van der Waals surface area contributed by atoms with Gasteiger partial charge in [0.15, 0.2) is 0 Å². The van der Waals surface area contributed by atoms with Gasteiger partial charge in [-0.25, -0.2) is 4.39 Å². The standard InChI is InChI=1S/C29H33FN2O2S/c30-23-7-5-22(6-8-23)28(9-10-28)18-31-27(34)24-3-1-2-4-25(24)35-17-26(33)32-29-14-19-11-20(15-29)13-21(12-19)16-29/h1-8,19-21H,9-18H2,(H,31,34)(H,32,33). The third kappa shape index (κ3) is 4.74. The molecule has 2 aromatic rings. The van der Waals surface area contributed by atoms with Gasteiger partial charge >= 0.3 is 0 Å². The van der Waals surface area contributed by atoms with Crippen LogP contribution in [0.2, 0.25) is 0 Å². The van der Waals surface area contributed by atoms with Crippen LogP contribution in [0.5, 0.6) is 0 Å². The van der Waals surface area contributed by atoms with E-state index in [-0.39, 0.29) is 28.6 Å². The van der Waals surface area contributed by atoms with E-state index < -0.39 is 0 Å². The molecule has 0 aliphatic heterocycles. The Morgan fingerprint density at radius 1 is 0.914 bits per heavy atom. The van der Waals surface area contributed by atoms with E-state index in [1.54, 1.807) is 0 Å². The molecular formula is C29H33FN2O2S. The number of carbonyl (C=O) groups excluding carboxylic acids is 2. The largest absolute Gasteiger partial charge is 0.351 e. The number of nitrogens with one attached hydrogen (secondary N) is 2. The fourth-order valence-corrected chi connectivity index (χ4v) is 8.24. The molecule has 5 aliphatic carbocycles. The smallest absolute Gasteiger partial charge is 0.252 e. The summed E-state index contributed by atoms with van der Waals surface area (Å²) in [4.78, 5) is 26.9. The van der Waals surface area contributed by atoms with Gasteiger partial charge in [-0.2, -0.15) is 0 Å². The average molecular weight is 493 g/mol. The van der Waals surface area contributed by atoms with Crippen molar-refractivity contribution in [2.75, 3.05) is 12.3 Å². The first-order valence-corrected chi connectivity index (χ1v) is 14.0. The van der Waals surface area contributed by atoms with Crippen LogP contribution in [0.15, 0.2) is 53.4 Å². The van der Waals surface area contributed by atoms with Gasteiger partial charge in [-0.1, -0.05) is 24.3 Å². The van der Waals surface area contributed by atoms with Crippen LogP contribution in [-0.2, 0) is 10.2 Å². The zero-order chi connectivity index (χ0) is 24.0. The molecule has 2 aromatic carbocycles. The zero-order valence-corrected chi connectivity index (χ0v) is 20.8. The minimum Gasteiger partial charge on any atom is -0.351 e. The minimum atomic E-state index is -0.244. The van der Waals surface area contributed by atoms with Gasteiger partial charge in [0.05, 0.1) is 11.3 Å². The van der Waals surface area contributed by atoms with Crippen LogP contribution in [0.1, 0.15) is 67.3 Å². The second kappa shape index (κ2) is 8.95. The molecule has 0 heterocycles. The van der Waals surface area contributed by atoms with E-state index in [4.69, 9.17) is 0 Å². The van der Waals surface area contributed by atoms with Crippen molar-refractivity contribution in [1.29, 1.82) is 0 Å². The summed E-state index contributed by atoms with van der Waals surface area (Å²) in [6.45, 7) is 0.531. The molecule has 4 bridgehead atoms. The minimum absolute atomic E-state index is 0.0161. The number of hydrogen-bond acceptors (Lipinski definition) is 3. The molecule has 5 fully saturated rings. The van der Waals surface area contributed by atoms with Crippen molar-refractivity contribution in [2.45, 2.75) is 67.2 Å². The fraction of sp³-hybridized carbons (Fsp3) is 0.517. The summed E-state index contributed by atoms with van der Waals surface area (Å²) in [5.41, 5.74) is 1.60. The van der Waals surface area contributed by atoms with E-state index in [2.05, 4.69) is 10.6 Å². The third-order valence-corrected chi connectivity index (χ3v) is 9.90. The van der Waals surface area contributed by atoms with Crippen LogP contribution >= 0.6 is 11.8 Å². The molecule has 0 atom stereocenters. The lowest BCUT2D eigenvalue weighted by atomic mass is 9.53. The number of hydrogen-bond donors (Lipinski definition) is 2. The molecule has 6 heteroatoms. The van der Waals surface area contributed by atoms with Crippen LogP contribution in [0.4, 0.5) is 4.39 Å². The third-order valence-electron chi connectivity index (χ3n) is 8.83. The molecule has 2 N–H and O–H groups in total. The first-order valence-electron chi connectivity index (χ1n) is 13.0. The lowest BCUT2D eigenvalue weighted by molar-refractivity contribution is -0.124. The topological polar surface area (TPSA) is 58.2 Å². The van der Waals surface area contributed by atoms with Crippen LogP contribution in [0, 0.1) is 23.6 Å². The van der Waals surface area contributed by atoms with E-state index >= 15 is 0 Å². The number of amides is 2. The molecule has 0 spiro atoms. The SMILES string of the molecule is O=C(CSc1ccccc1C(=O)NCC1(c2ccc(F)cc2)CC1)NC12CC3CC(CC(C3)C1)C2. The first kappa shape index (κ1) is 23.1. The maximum atomic E-state index is 13.3. The highest BCUT2D eigenvalue weighted by Crippen LogP contribution is 2.55. The molecule has 7 rings (SSSR count). The summed E-state index contributed by atoms with van der Waals surface area (Å²) in [5, 5.41) is 6.53. The molecule has 0 radical (unpaired) electrons. The van der Waals surface area contributed by atoms with Gasteiger partial charge in [0.1, 0.15) is 5.82 Å². The summed E-state index contributed by atoms with van der Waals surface area (Å²) in [6, 6.07) is 14.1. The van der Waals surface area contributed by atoms with E-state index in [0.29, 0.717) is 17.9 Å². The van der Waals surface area contributed by atoms with Gasteiger partial charge < -0.3 is 10.6 Å². The maximum absolute atomic E-state index is 13.3. The van der Waals surface area contributed by atoms with Gasteiger partial charge in [-0.15, -0.1) is 11.8 Å². The summed E-state index contributed by atoms with van der Waals surface area (Å²) >= 11 is 1.44. The van der Waals surface area contributed by atoms with Crippen LogP contribution < -0.4 is 10.6 Å². The quantitative estimate of drug-likeness (QED) is 0.481. The Balaban J connectivity index is 1.06. The van der Waals surface area contributed by atoms with Crippen molar-refractivity contribution < 1.29 is 14.0 Å². The molecule has 184 valence electrons. The lowest BCUT2D eigenvalue weighted by Gasteiger charge is -2.56. The van der Waals surface area contributed by atoms with Gasteiger partial charge in [-0.3, -0.25) is 9.59 Å². The monoisotopic (exact) mass is 492 g/mol. The van der Waals surface area contributed by atoms with Crippen molar-refractivity contribution in [3.8, 4) is 0 Å². The summed E-state index contributed by atoms with van der Waals surface area (Å²) < 4.78 is 13.3. The first-order chi connectivity index (χ1) is 16.9. The Bertz CT molecular complexity index is 1090. The molecule has 2 amide bonds. The molecular weight excluding hydrogens is 459 g/mol. The molecule has 0 saturated heterocycles. The predicted octanol–water partition coefficient (Wildman–Crippen LogP) is 5.46. The molecule has 5 aliphatic rings. The number of carbonyl (C=O) groups is 2. The predicted molar refractivity (Wildman–Crippen MR) is 136 cm³/mol. The van der Waals surface area contributed by atoms with Crippen molar-refractivity contribution in [2.24, 2.45) is 17.8 Å². The zero-order valence-electron chi connectivity index (χ0n) is 20.0. The summed E-state index contributed by atoms with van der Waals surface area (Å²) in [6.07, 6.45) is 9.47. The van der Waals surface area contributed by atoms with E-state index in [9.17, 15) is 14.0 Å². The molecule has 0 unspecified atom stereocenters. The normalized spacial score (nSPS) is 29.6. The van der Waals surface area contributed by atoms with Crippen molar-refractivity contribution in [1.82, 2.24) is 10.6 Å². The molecule has 35 heavy (non-hydrogen) atoms. The molecule has 5 saturated carbocycles. The van der Waals surface area contributed by atoms with E-state index in [1.807, 2.05) is 36.4 Å². The second-order valence-corrected chi connectivity index (χ2v) is 12.5. The van der Waals surface area contributed by atoms with Gasteiger partial charge in [0.2, 0.25) is 5.91 Å². The van der Waals surface area contributed by atoms with Crippen molar-refractivity contribution in [3.63, 3.8) is 0 Å². The van der Waals surface area contributed by atoms with Crippen molar-refractivity contribution in [3.05, 3.63) is 65.5 Å². The highest BCUT2D eigenvalue weighted by molar-refractivity contribution is 8.00. The number of rotatable bonds is 8. The fourth-order valence-electron chi connectivity index (χ4n) is 7.39. The Morgan fingerprint density at radius 2 is 1.54 bits per heavy atom. The Morgan fingerprint density at radius 3 is 2.17 bits per heavy atom. The second-order valence-electron chi connectivity index (χ2n) is 11.5. The van der Waals surface area contributed by atoms with Gasteiger partial charge in [-0.05, 0) is 98.9 Å². The van der Waals surface area contributed by atoms with Crippen LogP contribution in [-0.4, -0.2) is 29.7 Å². The van der Waals surface area contributed by atoms with E-state index in [0.717, 1.165) is 60.3 Å². The highest BCUT2D eigenvalue weighted by Gasteiger charge is 2.51. The Labute approximate surface area is 210 Å². The lowest BCUT2D eigenvalue weighted by Crippen LogP contribution is -2.60. The number of thioether (sulfide) groups is 1. The molecule has 0 aromatic heterocycles. The highest BCUT2D eigenvalue weighted by atomic mass is 32.2. The summed E-state index contributed by atoms with van der Waals surface area (Å²) in [5.74, 6) is 2.43. The maximum Gasteiger partial charge on any atom is 0.252 e. The Kier molecular flexibility index (Phi) is 5.90. The van der Waals surface area contributed by atoms with Gasteiger partial charge in [0.25, 0.3) is 5.91 Å². The van der Waals surface area contributed by atoms with Crippen LogP contribution in [0.3, 0.4) is 0 Å². The number of halogens is 1. The number of benzene rings is 2. The van der Waals surface area contributed by atoms with Crippen molar-refractivity contribution >= 4 is 23.6 Å². The molecule has 4 nitrogen and oxygen atoms in total. The van der Waals surface area contributed by atoms with E-state index in [1.165, 1.54) is 43.2 Å². The van der Waals surface area contributed by atoms with Gasteiger partial charge in [0, 0.05) is 22.4 Å².